The molecule has 0 saturated heterocycles. The fourth-order valence-electron chi connectivity index (χ4n) is 8.21. The Morgan fingerprint density at radius 2 is 0.696 bits per heavy atom. The van der Waals surface area contributed by atoms with Gasteiger partial charge in [-0.05, 0) is 58.7 Å². The Morgan fingerprint density at radius 3 is 1.23 bits per heavy atom. The van der Waals surface area contributed by atoms with E-state index < -0.39 is 0 Å². The van der Waals surface area contributed by atoms with Gasteiger partial charge in [0.15, 0.2) is 11.6 Å². The normalized spacial score (nSPS) is 11.6. The van der Waals surface area contributed by atoms with Crippen LogP contribution in [0.25, 0.3) is 100 Å². The van der Waals surface area contributed by atoms with Gasteiger partial charge in [-0.25, -0.2) is 4.98 Å². The summed E-state index contributed by atoms with van der Waals surface area (Å²) in [6.45, 7) is 0. The highest BCUT2D eigenvalue weighted by atomic mass is 15.2. The molecule has 8 aromatic carbocycles. The first-order valence-corrected chi connectivity index (χ1v) is 18.9. The monoisotopic (exact) mass is 715 g/mol. The molecule has 0 spiro atoms. The number of hydrogen-bond acceptors (Lipinski definition) is 3. The Balaban J connectivity index is 1.24. The van der Waals surface area contributed by atoms with Gasteiger partial charge in [0.1, 0.15) is 0 Å². The second-order valence-corrected chi connectivity index (χ2v) is 14.1. The number of nitrogens with zero attached hydrogens (tertiary/aromatic N) is 5. The molecule has 5 nitrogen and oxygen atoms in total. The molecule has 0 unspecified atom stereocenters. The zero-order chi connectivity index (χ0) is 37.0. The highest BCUT2D eigenvalue weighted by Gasteiger charge is 2.23. The summed E-state index contributed by atoms with van der Waals surface area (Å²) < 4.78 is 4.64. The van der Waals surface area contributed by atoms with Gasteiger partial charge < -0.3 is 4.57 Å². The van der Waals surface area contributed by atoms with Crippen molar-refractivity contribution in [3.63, 3.8) is 0 Å². The van der Waals surface area contributed by atoms with Crippen molar-refractivity contribution in [2.24, 2.45) is 0 Å². The Labute approximate surface area is 323 Å². The van der Waals surface area contributed by atoms with Gasteiger partial charge in [0.05, 0.1) is 22.1 Å². The van der Waals surface area contributed by atoms with Crippen LogP contribution in [-0.2, 0) is 0 Å². The minimum Gasteiger partial charge on any atom is -0.307 e. The van der Waals surface area contributed by atoms with Gasteiger partial charge in [-0.3, -0.25) is 4.57 Å². The molecule has 0 aliphatic heterocycles. The van der Waals surface area contributed by atoms with Crippen LogP contribution >= 0.6 is 0 Å². The topological polar surface area (TPSA) is 48.5 Å². The summed E-state index contributed by atoms with van der Waals surface area (Å²) in [4.78, 5) is 16.0. The first-order valence-electron chi connectivity index (χ1n) is 18.9. The van der Waals surface area contributed by atoms with E-state index in [2.05, 4.69) is 197 Å². The third-order valence-electron chi connectivity index (χ3n) is 10.8. The van der Waals surface area contributed by atoms with Crippen molar-refractivity contribution < 1.29 is 0 Å². The van der Waals surface area contributed by atoms with Gasteiger partial charge in [-0.15, -0.1) is 0 Å². The maximum absolute atomic E-state index is 5.38. The number of para-hydroxylation sites is 3. The van der Waals surface area contributed by atoms with Crippen LogP contribution < -0.4 is 0 Å². The molecule has 0 N–H and O–H groups in total. The molecule has 56 heavy (non-hydrogen) atoms. The van der Waals surface area contributed by atoms with E-state index in [0.717, 1.165) is 71.9 Å². The number of benzene rings is 8. The second-order valence-electron chi connectivity index (χ2n) is 14.1. The average molecular weight is 716 g/mol. The molecule has 0 aliphatic rings. The molecule has 3 aromatic heterocycles. The van der Waals surface area contributed by atoms with Crippen LogP contribution in [0.2, 0.25) is 0 Å². The molecule has 262 valence electrons. The van der Waals surface area contributed by atoms with E-state index in [1.807, 2.05) is 12.1 Å². The summed E-state index contributed by atoms with van der Waals surface area (Å²) in [6, 6.07) is 70.2. The molecule has 11 aromatic rings. The molecular formula is C51H33N5. The summed E-state index contributed by atoms with van der Waals surface area (Å²) >= 11 is 0. The van der Waals surface area contributed by atoms with Crippen molar-refractivity contribution in [3.05, 3.63) is 200 Å². The molecule has 5 heteroatoms. The summed E-state index contributed by atoms with van der Waals surface area (Å²) in [5.74, 6) is 1.77. The van der Waals surface area contributed by atoms with Crippen molar-refractivity contribution in [3.8, 4) is 56.7 Å². The fraction of sp³-hybridized carbons (Fsp3) is 0. The van der Waals surface area contributed by atoms with Crippen LogP contribution in [0.3, 0.4) is 0 Å². The predicted molar refractivity (Wildman–Crippen MR) is 230 cm³/mol. The molecule has 0 radical (unpaired) electrons. The molecule has 3 heterocycles. The van der Waals surface area contributed by atoms with E-state index in [9.17, 15) is 0 Å². The number of rotatable bonds is 6. The maximum atomic E-state index is 5.38. The average Bonchev–Trinajstić information content (AvgIpc) is 3.80. The van der Waals surface area contributed by atoms with Gasteiger partial charge in [0.2, 0.25) is 5.95 Å². The largest absolute Gasteiger partial charge is 0.307 e. The lowest BCUT2D eigenvalue weighted by Gasteiger charge is -2.14. The van der Waals surface area contributed by atoms with Crippen molar-refractivity contribution in [2.75, 3.05) is 0 Å². The zero-order valence-electron chi connectivity index (χ0n) is 30.3. The molecule has 0 saturated carbocycles. The molecular weight excluding hydrogens is 683 g/mol. The van der Waals surface area contributed by atoms with Gasteiger partial charge in [0.25, 0.3) is 0 Å². The summed E-state index contributed by atoms with van der Waals surface area (Å²) in [6.07, 6.45) is 0. The summed E-state index contributed by atoms with van der Waals surface area (Å²) in [5.41, 5.74) is 11.7. The highest BCUT2D eigenvalue weighted by Crippen LogP contribution is 2.41. The lowest BCUT2D eigenvalue weighted by molar-refractivity contribution is 0.953. The summed E-state index contributed by atoms with van der Waals surface area (Å²) in [5, 5.41) is 4.63. The number of hydrogen-bond donors (Lipinski definition) is 0. The third kappa shape index (κ3) is 5.21. The Morgan fingerprint density at radius 1 is 0.286 bits per heavy atom. The molecule has 0 atom stereocenters. The molecule has 0 fully saturated rings. The lowest BCUT2D eigenvalue weighted by Crippen LogP contribution is -2.07. The molecule has 0 amide bonds. The SMILES string of the molecule is c1ccc(-c2cccc(-c3nc(-c4cccc(-c5ccccc5)c4)nc(-n4c5ccccc5c5ccc6c7ccccc7n(-c7ccccc7)c6c54)n3)c2)cc1. The van der Waals surface area contributed by atoms with Gasteiger partial charge in [0, 0.05) is 38.4 Å². The minimum absolute atomic E-state index is 0.559. The Hall–Kier alpha value is -7.63. The number of aromatic nitrogens is 5. The minimum atomic E-state index is 0.559. The fourth-order valence-corrected chi connectivity index (χ4v) is 8.21. The molecule has 0 bridgehead atoms. The molecule has 11 rings (SSSR count). The predicted octanol–water partition coefficient (Wildman–Crippen LogP) is 12.7. The van der Waals surface area contributed by atoms with Crippen LogP contribution in [0.15, 0.2) is 200 Å². The van der Waals surface area contributed by atoms with Crippen LogP contribution in [0.4, 0.5) is 0 Å². The zero-order valence-corrected chi connectivity index (χ0v) is 30.3. The first-order chi connectivity index (χ1) is 27.8. The highest BCUT2D eigenvalue weighted by molar-refractivity contribution is 6.23. The van der Waals surface area contributed by atoms with Crippen molar-refractivity contribution >= 4 is 43.6 Å². The Bertz CT molecular complexity index is 3130. The number of fused-ring (bicyclic) bond motifs is 7. The third-order valence-corrected chi connectivity index (χ3v) is 10.8. The molecule has 0 aliphatic carbocycles. The van der Waals surface area contributed by atoms with E-state index >= 15 is 0 Å². The van der Waals surface area contributed by atoms with Gasteiger partial charge in [-0.1, -0.05) is 164 Å². The van der Waals surface area contributed by atoms with Crippen LogP contribution in [0.1, 0.15) is 0 Å². The van der Waals surface area contributed by atoms with E-state index in [0.29, 0.717) is 17.6 Å². The standard InChI is InChI=1S/C51H33N5/c1-4-16-34(17-5-1)36-20-14-22-38(32-36)49-52-50(39-23-15-21-37(33-39)35-18-6-2-7-19-35)54-51(53-49)56-46-29-13-11-27-42(46)44-31-30-43-41-26-10-12-28-45(41)55(47(43)48(44)56)40-24-8-3-9-25-40/h1-33H. The van der Waals surface area contributed by atoms with Crippen molar-refractivity contribution in [1.82, 2.24) is 24.1 Å². The van der Waals surface area contributed by atoms with Crippen molar-refractivity contribution in [2.45, 2.75) is 0 Å². The quantitative estimate of drug-likeness (QED) is 0.172. The van der Waals surface area contributed by atoms with Crippen molar-refractivity contribution in [1.29, 1.82) is 0 Å². The second kappa shape index (κ2) is 13.0. The maximum Gasteiger partial charge on any atom is 0.238 e. The Kier molecular flexibility index (Phi) is 7.42. The van der Waals surface area contributed by atoms with Gasteiger partial charge >= 0.3 is 0 Å². The van der Waals surface area contributed by atoms with E-state index in [1.54, 1.807) is 0 Å². The van der Waals surface area contributed by atoms with Crippen LogP contribution in [0, 0.1) is 0 Å². The van der Waals surface area contributed by atoms with Crippen LogP contribution in [-0.4, -0.2) is 24.1 Å². The smallest absolute Gasteiger partial charge is 0.238 e. The first kappa shape index (κ1) is 31.9. The van der Waals surface area contributed by atoms with E-state index in [-0.39, 0.29) is 0 Å². The lowest BCUT2D eigenvalue weighted by atomic mass is 10.0. The van der Waals surface area contributed by atoms with Gasteiger partial charge in [-0.2, -0.15) is 9.97 Å². The van der Waals surface area contributed by atoms with E-state index in [1.165, 1.54) is 10.8 Å². The van der Waals surface area contributed by atoms with Crippen LogP contribution in [0.5, 0.6) is 0 Å². The summed E-state index contributed by atoms with van der Waals surface area (Å²) in [7, 11) is 0. The van der Waals surface area contributed by atoms with E-state index in [4.69, 9.17) is 15.0 Å².